The summed E-state index contributed by atoms with van der Waals surface area (Å²) < 4.78 is 6.59. The van der Waals surface area contributed by atoms with Gasteiger partial charge in [-0.15, -0.1) is 0 Å². The van der Waals surface area contributed by atoms with Gasteiger partial charge in [0.1, 0.15) is 5.75 Å². The van der Waals surface area contributed by atoms with Gasteiger partial charge in [0.15, 0.2) is 0 Å². The fraction of sp³-hybridized carbons (Fsp3) is 0.700. The molecule has 23 heavy (non-hydrogen) atoms. The number of aromatic hydroxyl groups is 1. The molecule has 3 heteroatoms. The lowest BCUT2D eigenvalue weighted by atomic mass is 9.76. The number of hydrogen-bond acceptors (Lipinski definition) is 3. The Morgan fingerprint density at radius 3 is 2.91 bits per heavy atom. The molecule has 1 aliphatic carbocycles. The highest BCUT2D eigenvalue weighted by atomic mass is 32.2. The first kappa shape index (κ1) is 17.2. The molecule has 0 spiro atoms. The van der Waals surface area contributed by atoms with E-state index >= 15 is 0 Å². The molecular formula is C20H30O2S. The van der Waals surface area contributed by atoms with Crippen LogP contribution in [-0.2, 0) is 17.6 Å². The Balaban J connectivity index is 1.79. The molecule has 1 heterocycles. The second kappa shape index (κ2) is 7.94. The van der Waals surface area contributed by atoms with Gasteiger partial charge in [-0.3, -0.25) is 0 Å². The molecule has 4 atom stereocenters. The molecule has 0 amide bonds. The number of thioether (sulfide) groups is 1. The van der Waals surface area contributed by atoms with Crippen LogP contribution >= 0.6 is 11.8 Å². The van der Waals surface area contributed by atoms with Crippen molar-refractivity contribution in [3.63, 3.8) is 0 Å². The highest BCUT2D eigenvalue weighted by molar-refractivity contribution is 7.98. The average Bonchev–Trinajstić information content (AvgIpc) is 2.52. The maximum absolute atomic E-state index is 10.2. The lowest BCUT2D eigenvalue weighted by molar-refractivity contribution is -0.0606. The predicted molar refractivity (Wildman–Crippen MR) is 98.3 cm³/mol. The number of rotatable bonds is 4. The van der Waals surface area contributed by atoms with Crippen LogP contribution in [0.2, 0.25) is 0 Å². The molecule has 128 valence electrons. The number of phenolic OH excluding ortho intramolecular Hbond substituents is 1. The van der Waals surface area contributed by atoms with Gasteiger partial charge in [-0.25, -0.2) is 0 Å². The number of fused-ring (bicyclic) bond motifs is 2. The Bertz CT molecular complexity index is 516. The molecular weight excluding hydrogens is 304 g/mol. The number of ether oxygens (including phenoxy) is 1. The maximum atomic E-state index is 10.2. The third kappa shape index (κ3) is 4.06. The number of phenols is 1. The molecule has 1 N–H and O–H groups in total. The van der Waals surface area contributed by atoms with Crippen LogP contribution in [-0.4, -0.2) is 29.3 Å². The SMILES string of the molecule is CCCC1CC[C@@H]2Cc3cccc(O)c3C[C@H]2O[C@@H](CSC)C1. The van der Waals surface area contributed by atoms with Crippen molar-refractivity contribution < 1.29 is 9.84 Å². The molecule has 1 fully saturated rings. The van der Waals surface area contributed by atoms with E-state index < -0.39 is 0 Å². The van der Waals surface area contributed by atoms with Crippen LogP contribution in [0.1, 0.15) is 50.2 Å². The van der Waals surface area contributed by atoms with Crippen molar-refractivity contribution >= 4 is 11.8 Å². The van der Waals surface area contributed by atoms with Crippen LogP contribution in [0.3, 0.4) is 0 Å². The molecule has 0 radical (unpaired) electrons. The van der Waals surface area contributed by atoms with Gasteiger partial charge in [-0.2, -0.15) is 11.8 Å². The van der Waals surface area contributed by atoms with E-state index in [-0.39, 0.29) is 6.10 Å². The first-order valence-corrected chi connectivity index (χ1v) is 10.5. The normalized spacial score (nSPS) is 30.9. The monoisotopic (exact) mass is 334 g/mol. The van der Waals surface area contributed by atoms with Crippen molar-refractivity contribution in [2.45, 2.75) is 64.1 Å². The van der Waals surface area contributed by atoms with Gasteiger partial charge in [0.05, 0.1) is 12.2 Å². The van der Waals surface area contributed by atoms with Crippen LogP contribution in [0.4, 0.5) is 0 Å². The third-order valence-corrected chi connectivity index (χ3v) is 6.33. The van der Waals surface area contributed by atoms with Gasteiger partial charge in [-0.1, -0.05) is 31.9 Å². The largest absolute Gasteiger partial charge is 0.508 e. The fourth-order valence-electron chi connectivity index (χ4n) is 4.48. The quantitative estimate of drug-likeness (QED) is 0.855. The maximum Gasteiger partial charge on any atom is 0.119 e. The average molecular weight is 335 g/mol. The van der Waals surface area contributed by atoms with Crippen molar-refractivity contribution in [3.05, 3.63) is 29.3 Å². The van der Waals surface area contributed by atoms with Crippen molar-refractivity contribution in [2.24, 2.45) is 11.8 Å². The molecule has 2 nitrogen and oxygen atoms in total. The van der Waals surface area contributed by atoms with Crippen LogP contribution in [0.5, 0.6) is 5.75 Å². The molecule has 1 unspecified atom stereocenters. The Labute approximate surface area is 145 Å². The van der Waals surface area contributed by atoms with Gasteiger partial charge in [0.2, 0.25) is 0 Å². The van der Waals surface area contributed by atoms with Crippen molar-refractivity contribution in [1.29, 1.82) is 0 Å². The molecule has 0 bridgehead atoms. The zero-order chi connectivity index (χ0) is 16.2. The van der Waals surface area contributed by atoms with E-state index in [1.54, 1.807) is 0 Å². The first-order valence-electron chi connectivity index (χ1n) is 9.15. The second-order valence-electron chi connectivity index (χ2n) is 7.30. The predicted octanol–water partition coefficient (Wildman–Crippen LogP) is 4.82. The molecule has 1 aromatic carbocycles. The second-order valence-corrected chi connectivity index (χ2v) is 8.21. The fourth-order valence-corrected chi connectivity index (χ4v) is 5.07. The number of hydrogen-bond donors (Lipinski definition) is 1. The summed E-state index contributed by atoms with van der Waals surface area (Å²) in [5.41, 5.74) is 2.46. The van der Waals surface area contributed by atoms with Gasteiger partial charge in [0.25, 0.3) is 0 Å². The highest BCUT2D eigenvalue weighted by Crippen LogP contribution is 2.39. The minimum atomic E-state index is 0.288. The molecule has 2 aliphatic rings. The summed E-state index contributed by atoms with van der Waals surface area (Å²) in [6, 6.07) is 5.99. The Kier molecular flexibility index (Phi) is 5.92. The van der Waals surface area contributed by atoms with Crippen LogP contribution in [0.25, 0.3) is 0 Å². The van der Waals surface area contributed by atoms with E-state index in [1.165, 1.54) is 37.7 Å². The molecule has 0 aromatic heterocycles. The lowest BCUT2D eigenvalue weighted by Crippen LogP contribution is -2.39. The molecule has 1 saturated heterocycles. The van der Waals surface area contributed by atoms with Crippen molar-refractivity contribution in [3.8, 4) is 5.75 Å². The zero-order valence-corrected chi connectivity index (χ0v) is 15.3. The Morgan fingerprint density at radius 2 is 2.13 bits per heavy atom. The van der Waals surface area contributed by atoms with Crippen LogP contribution in [0.15, 0.2) is 18.2 Å². The molecule has 1 aliphatic heterocycles. The third-order valence-electron chi connectivity index (χ3n) is 5.62. The van der Waals surface area contributed by atoms with E-state index in [2.05, 4.69) is 19.2 Å². The van der Waals surface area contributed by atoms with Gasteiger partial charge >= 0.3 is 0 Å². The minimum Gasteiger partial charge on any atom is -0.508 e. The molecule has 1 aromatic rings. The Hall–Kier alpha value is -0.670. The summed E-state index contributed by atoms with van der Waals surface area (Å²) in [6.07, 6.45) is 11.2. The standard InChI is InChI=1S/C20H30O2S/c1-3-5-14-8-9-16-11-15-6-4-7-19(21)18(15)12-20(16)22-17(10-14)13-23-2/h4,6-7,14,16-17,20-21H,3,5,8-13H2,1-2H3/t14?,16-,17-,20-/m1/s1. The van der Waals surface area contributed by atoms with Crippen molar-refractivity contribution in [2.75, 3.05) is 12.0 Å². The lowest BCUT2D eigenvalue weighted by Gasteiger charge is -2.39. The van der Waals surface area contributed by atoms with Gasteiger partial charge in [-0.05, 0) is 61.0 Å². The van der Waals surface area contributed by atoms with Gasteiger partial charge in [0, 0.05) is 12.2 Å². The van der Waals surface area contributed by atoms with Crippen LogP contribution < -0.4 is 0 Å². The topological polar surface area (TPSA) is 29.5 Å². The van der Waals surface area contributed by atoms with Crippen LogP contribution in [0, 0.1) is 11.8 Å². The Morgan fingerprint density at radius 1 is 1.26 bits per heavy atom. The summed E-state index contributed by atoms with van der Waals surface area (Å²) in [5, 5.41) is 10.2. The smallest absolute Gasteiger partial charge is 0.119 e. The summed E-state index contributed by atoms with van der Waals surface area (Å²) in [6.45, 7) is 2.30. The van der Waals surface area contributed by atoms with E-state index in [4.69, 9.17) is 4.74 Å². The van der Waals surface area contributed by atoms with Gasteiger partial charge < -0.3 is 9.84 Å². The first-order chi connectivity index (χ1) is 11.2. The van der Waals surface area contributed by atoms with E-state index in [0.717, 1.165) is 30.1 Å². The summed E-state index contributed by atoms with van der Waals surface area (Å²) >= 11 is 1.90. The zero-order valence-electron chi connectivity index (χ0n) is 14.5. The summed E-state index contributed by atoms with van der Waals surface area (Å²) in [7, 11) is 0. The summed E-state index contributed by atoms with van der Waals surface area (Å²) in [5.74, 6) is 2.99. The highest BCUT2D eigenvalue weighted by Gasteiger charge is 2.35. The van der Waals surface area contributed by atoms with E-state index in [0.29, 0.717) is 17.8 Å². The molecule has 3 rings (SSSR count). The molecule has 0 saturated carbocycles. The minimum absolute atomic E-state index is 0.288. The summed E-state index contributed by atoms with van der Waals surface area (Å²) in [4.78, 5) is 0. The van der Waals surface area contributed by atoms with E-state index in [1.807, 2.05) is 23.9 Å². The van der Waals surface area contributed by atoms with E-state index in [9.17, 15) is 5.11 Å². The number of benzene rings is 1. The van der Waals surface area contributed by atoms with Crippen molar-refractivity contribution in [1.82, 2.24) is 0 Å².